The van der Waals surface area contributed by atoms with Crippen LogP contribution in [0, 0.1) is 0 Å². The van der Waals surface area contributed by atoms with Crippen molar-refractivity contribution in [2.45, 2.75) is 36.8 Å². The van der Waals surface area contributed by atoms with Gasteiger partial charge in [-0.25, -0.2) is 0 Å². The van der Waals surface area contributed by atoms with Crippen LogP contribution in [0.25, 0.3) is 0 Å². The molecule has 0 saturated carbocycles. The fourth-order valence-corrected chi connectivity index (χ4v) is 1.91. The molecule has 0 spiro atoms. The summed E-state index contributed by atoms with van der Waals surface area (Å²) in [6.45, 7) is 0. The van der Waals surface area contributed by atoms with Crippen LogP contribution in [0.3, 0.4) is 0 Å². The molecule has 0 atom stereocenters. The van der Waals surface area contributed by atoms with Crippen LogP contribution in [0.15, 0.2) is 0 Å². The topological polar surface area (TPSA) is 201 Å². The van der Waals surface area contributed by atoms with Gasteiger partial charge in [-0.15, -0.1) is 0 Å². The molecule has 116 valence electrons. The first-order valence-electron chi connectivity index (χ1n) is 5.37. The second kappa shape index (κ2) is 8.29. The van der Waals surface area contributed by atoms with Crippen molar-refractivity contribution in [3.05, 3.63) is 0 Å². The zero-order valence-electron chi connectivity index (χ0n) is 10.4. The van der Waals surface area contributed by atoms with E-state index in [9.17, 15) is 19.2 Å². The third kappa shape index (κ3) is 6.87. The first-order valence-corrected chi connectivity index (χ1v) is 5.37. The Labute approximate surface area is 141 Å². The molecule has 0 saturated heterocycles. The molecule has 0 aromatic carbocycles. The predicted molar refractivity (Wildman–Crippen MR) is 70.0 cm³/mol. The van der Waals surface area contributed by atoms with Gasteiger partial charge in [0.05, 0.1) is 36.8 Å². The standard InChI is InChI=1S/C10H16N2O8.Na.H/c11-9(1-5(13)14,2-6(15)16)10(12,3-7(17)18)4-8(19)20;;/h1-4,11-12H2,(H,13,14)(H,15,16)(H,17,18)(H,19,20);;. The van der Waals surface area contributed by atoms with E-state index in [1.165, 1.54) is 0 Å². The molecule has 0 aliphatic rings. The summed E-state index contributed by atoms with van der Waals surface area (Å²) in [4.78, 5) is 43.2. The number of rotatable bonds is 9. The summed E-state index contributed by atoms with van der Waals surface area (Å²) < 4.78 is 0. The van der Waals surface area contributed by atoms with Gasteiger partial charge in [0.1, 0.15) is 0 Å². The van der Waals surface area contributed by atoms with Gasteiger partial charge in [-0.3, -0.25) is 19.2 Å². The van der Waals surface area contributed by atoms with Crippen LogP contribution in [0.4, 0.5) is 0 Å². The third-order valence-corrected chi connectivity index (χ3v) is 2.86. The Hall–Kier alpha value is -1.20. The summed E-state index contributed by atoms with van der Waals surface area (Å²) in [6, 6.07) is 0. The fourth-order valence-electron chi connectivity index (χ4n) is 1.91. The number of carboxylic acids is 4. The van der Waals surface area contributed by atoms with E-state index in [4.69, 9.17) is 31.9 Å². The van der Waals surface area contributed by atoms with Crippen molar-refractivity contribution in [1.82, 2.24) is 0 Å². The van der Waals surface area contributed by atoms with E-state index in [2.05, 4.69) is 0 Å². The molecule has 0 rings (SSSR count). The quantitative estimate of drug-likeness (QED) is 0.249. The molecule has 11 heteroatoms. The summed E-state index contributed by atoms with van der Waals surface area (Å²) in [5.41, 5.74) is 6.88. The van der Waals surface area contributed by atoms with E-state index in [1.807, 2.05) is 0 Å². The average molecular weight is 316 g/mol. The van der Waals surface area contributed by atoms with E-state index in [1.54, 1.807) is 0 Å². The minimum atomic E-state index is -2.22. The van der Waals surface area contributed by atoms with Crippen molar-refractivity contribution < 1.29 is 39.6 Å². The Morgan fingerprint density at radius 3 is 0.857 bits per heavy atom. The van der Waals surface area contributed by atoms with E-state index in [0.29, 0.717) is 0 Å². The summed E-state index contributed by atoms with van der Waals surface area (Å²) in [5.74, 6) is -6.06. The van der Waals surface area contributed by atoms with Gasteiger partial charge in [-0.2, -0.15) is 0 Å². The van der Waals surface area contributed by atoms with Crippen molar-refractivity contribution >= 4 is 53.4 Å². The first kappa shape index (κ1) is 22.1. The molecule has 0 aliphatic carbocycles. The summed E-state index contributed by atoms with van der Waals surface area (Å²) in [5, 5.41) is 35.1. The number of carboxylic acid groups (broad SMARTS) is 4. The van der Waals surface area contributed by atoms with Crippen molar-refractivity contribution in [2.75, 3.05) is 0 Å². The number of aliphatic carboxylic acids is 4. The van der Waals surface area contributed by atoms with Crippen LogP contribution in [0.5, 0.6) is 0 Å². The van der Waals surface area contributed by atoms with Gasteiger partial charge in [-0.1, -0.05) is 0 Å². The molecule has 0 heterocycles. The summed E-state index contributed by atoms with van der Waals surface area (Å²) in [7, 11) is 0. The molecule has 0 fully saturated rings. The molecular weight excluding hydrogens is 299 g/mol. The summed E-state index contributed by atoms with van der Waals surface area (Å²) in [6.07, 6.45) is -3.90. The molecule has 0 bridgehead atoms. The Bertz CT molecular complexity index is 367. The molecule has 0 amide bonds. The number of hydrogen-bond acceptors (Lipinski definition) is 6. The molecule has 0 aromatic rings. The van der Waals surface area contributed by atoms with Gasteiger partial charge < -0.3 is 31.9 Å². The van der Waals surface area contributed by atoms with Gasteiger partial charge in [0, 0.05) is 0 Å². The normalized spacial score (nSPS) is 11.3. The van der Waals surface area contributed by atoms with E-state index in [0.717, 1.165) is 0 Å². The van der Waals surface area contributed by atoms with Crippen LogP contribution in [0.2, 0.25) is 0 Å². The molecule has 10 nitrogen and oxygen atoms in total. The Morgan fingerprint density at radius 1 is 0.619 bits per heavy atom. The van der Waals surface area contributed by atoms with Crippen molar-refractivity contribution in [3.8, 4) is 0 Å². The van der Waals surface area contributed by atoms with E-state index in [-0.39, 0.29) is 29.6 Å². The Morgan fingerprint density at radius 2 is 0.762 bits per heavy atom. The monoisotopic (exact) mass is 316 g/mol. The van der Waals surface area contributed by atoms with E-state index < -0.39 is 60.6 Å². The Kier molecular flexibility index (Phi) is 8.72. The molecule has 0 unspecified atom stereocenters. The van der Waals surface area contributed by atoms with Crippen molar-refractivity contribution in [2.24, 2.45) is 11.5 Å². The Balaban J connectivity index is 0. The number of carbonyl (C=O) groups is 4. The van der Waals surface area contributed by atoms with Crippen LogP contribution in [-0.2, 0) is 19.2 Å². The molecular formula is C10H17N2NaO8. The third-order valence-electron chi connectivity index (χ3n) is 2.86. The second-order valence-electron chi connectivity index (χ2n) is 4.59. The van der Waals surface area contributed by atoms with Gasteiger partial charge in [0.15, 0.2) is 0 Å². The van der Waals surface area contributed by atoms with Crippen LogP contribution < -0.4 is 11.5 Å². The van der Waals surface area contributed by atoms with E-state index >= 15 is 0 Å². The average Bonchev–Trinajstić information content (AvgIpc) is 2.10. The van der Waals surface area contributed by atoms with Crippen molar-refractivity contribution in [1.29, 1.82) is 0 Å². The number of nitrogens with two attached hydrogens (primary N) is 2. The fraction of sp³-hybridized carbons (Fsp3) is 0.600. The van der Waals surface area contributed by atoms with Crippen LogP contribution >= 0.6 is 0 Å². The molecule has 21 heavy (non-hydrogen) atoms. The SMILES string of the molecule is NC(CC(=O)O)(CC(=O)O)C(N)(CC(=O)O)CC(=O)O.[NaH]. The molecule has 0 radical (unpaired) electrons. The second-order valence-corrected chi connectivity index (χ2v) is 4.59. The summed E-state index contributed by atoms with van der Waals surface area (Å²) >= 11 is 0. The minimum absolute atomic E-state index is 0. The van der Waals surface area contributed by atoms with Gasteiger partial charge in [-0.05, 0) is 0 Å². The van der Waals surface area contributed by atoms with Gasteiger partial charge in [0.2, 0.25) is 0 Å². The predicted octanol–water partition coefficient (Wildman–Crippen LogP) is -2.37. The molecule has 8 N–H and O–H groups in total. The maximum atomic E-state index is 10.8. The zero-order chi connectivity index (χ0) is 16.1. The zero-order valence-corrected chi connectivity index (χ0v) is 10.4. The maximum absolute atomic E-state index is 10.8. The van der Waals surface area contributed by atoms with Crippen LogP contribution in [0.1, 0.15) is 25.7 Å². The van der Waals surface area contributed by atoms with Crippen LogP contribution in [-0.4, -0.2) is 84.9 Å². The van der Waals surface area contributed by atoms with Gasteiger partial charge in [0.25, 0.3) is 0 Å². The number of hydrogen-bond donors (Lipinski definition) is 6. The van der Waals surface area contributed by atoms with Gasteiger partial charge >= 0.3 is 53.4 Å². The molecule has 0 aromatic heterocycles. The first-order chi connectivity index (χ1) is 8.92. The molecule has 0 aliphatic heterocycles. The van der Waals surface area contributed by atoms with Crippen molar-refractivity contribution in [3.63, 3.8) is 0 Å².